The van der Waals surface area contributed by atoms with E-state index in [2.05, 4.69) is 0 Å². The Morgan fingerprint density at radius 1 is 0.970 bits per heavy atom. The van der Waals surface area contributed by atoms with Gasteiger partial charge >= 0.3 is 11.9 Å². The van der Waals surface area contributed by atoms with Crippen LogP contribution < -0.4 is 4.74 Å². The molecular formula is C24H20O9. The fourth-order valence-electron chi connectivity index (χ4n) is 4.62. The van der Waals surface area contributed by atoms with E-state index in [1.807, 2.05) is 0 Å². The first kappa shape index (κ1) is 22.3. The van der Waals surface area contributed by atoms with Crippen LogP contribution in [0, 0.1) is 0 Å². The summed E-state index contributed by atoms with van der Waals surface area (Å²) in [5, 5.41) is 22.0. The van der Waals surface area contributed by atoms with Gasteiger partial charge in [0.15, 0.2) is 23.0 Å². The lowest BCUT2D eigenvalue weighted by Crippen LogP contribution is -2.48. The molecule has 0 aromatic heterocycles. The van der Waals surface area contributed by atoms with Crippen molar-refractivity contribution >= 4 is 29.3 Å². The van der Waals surface area contributed by atoms with E-state index in [0.29, 0.717) is 0 Å². The second-order valence-electron chi connectivity index (χ2n) is 8.16. The highest BCUT2D eigenvalue weighted by molar-refractivity contribution is 6.30. The molecule has 0 heterocycles. The van der Waals surface area contributed by atoms with Crippen LogP contribution in [0.25, 0.3) is 0 Å². The number of rotatable bonds is 3. The summed E-state index contributed by atoms with van der Waals surface area (Å²) < 4.78 is 10.6. The Hall–Kier alpha value is -3.85. The highest BCUT2D eigenvalue weighted by Gasteiger charge is 2.50. The topological polar surface area (TPSA) is 144 Å². The lowest BCUT2D eigenvalue weighted by Gasteiger charge is -2.39. The Labute approximate surface area is 187 Å². The predicted octanol–water partition coefficient (Wildman–Crippen LogP) is 1.96. The van der Waals surface area contributed by atoms with Crippen molar-refractivity contribution in [3.63, 3.8) is 0 Å². The molecule has 0 radical (unpaired) electrons. The van der Waals surface area contributed by atoms with Gasteiger partial charge < -0.3 is 19.7 Å². The van der Waals surface area contributed by atoms with E-state index in [1.54, 1.807) is 12.1 Å². The van der Waals surface area contributed by atoms with Crippen LogP contribution in [0.2, 0.25) is 0 Å². The van der Waals surface area contributed by atoms with Gasteiger partial charge in [0.1, 0.15) is 11.5 Å². The summed E-state index contributed by atoms with van der Waals surface area (Å²) in [6.07, 6.45) is -2.32. The highest BCUT2D eigenvalue weighted by Crippen LogP contribution is 2.51. The van der Waals surface area contributed by atoms with Gasteiger partial charge in [-0.2, -0.15) is 0 Å². The van der Waals surface area contributed by atoms with Gasteiger partial charge in [-0.25, -0.2) is 0 Å². The summed E-state index contributed by atoms with van der Waals surface area (Å²) in [4.78, 5) is 62.8. The molecule has 0 saturated carbocycles. The molecule has 2 aliphatic rings. The fourth-order valence-corrected chi connectivity index (χ4v) is 4.62. The molecule has 2 aromatic rings. The Balaban J connectivity index is 2.07. The smallest absolute Gasteiger partial charge is 0.308 e. The number of ether oxygens (including phenoxy) is 2. The van der Waals surface area contributed by atoms with Gasteiger partial charge in [0.25, 0.3) is 0 Å². The number of carbonyl (C=O) groups excluding carboxylic acids is 5. The third-order valence-corrected chi connectivity index (χ3v) is 5.98. The van der Waals surface area contributed by atoms with Crippen LogP contribution in [0.15, 0.2) is 24.3 Å². The minimum atomic E-state index is -1.81. The number of benzene rings is 2. The molecule has 2 aromatic carbocycles. The summed E-state index contributed by atoms with van der Waals surface area (Å²) in [5.74, 6) is -4.53. The number of hydrogen-bond donors (Lipinski definition) is 2. The standard InChI is InChI=1S/C24H20O9/c1-10(25)24(33-12(3)27)8-15-17(16(28)9-24)22(31)18-19(23(15)32-11(2)26)21(30)14-7-5-4-6-13(14)20(18)29/h4-7,16,28,31H,8-9H2,1-3H3/t16-,24+/m1/s1. The quantitative estimate of drug-likeness (QED) is 0.450. The maximum Gasteiger partial charge on any atom is 0.308 e. The van der Waals surface area contributed by atoms with Crippen molar-refractivity contribution in [3.8, 4) is 11.5 Å². The van der Waals surface area contributed by atoms with Crippen LogP contribution in [-0.2, 0) is 25.5 Å². The number of Topliss-reactive ketones (excluding diaryl/α,β-unsaturated/α-hetero) is 1. The second-order valence-corrected chi connectivity index (χ2v) is 8.16. The van der Waals surface area contributed by atoms with Crippen LogP contribution in [-0.4, -0.2) is 45.1 Å². The van der Waals surface area contributed by atoms with E-state index in [1.165, 1.54) is 19.1 Å². The maximum absolute atomic E-state index is 13.4. The van der Waals surface area contributed by atoms with Gasteiger partial charge in [-0.05, 0) is 6.92 Å². The van der Waals surface area contributed by atoms with Gasteiger partial charge in [0, 0.05) is 48.9 Å². The van der Waals surface area contributed by atoms with Crippen LogP contribution in [0.4, 0.5) is 0 Å². The first-order valence-electron chi connectivity index (χ1n) is 10.2. The lowest BCUT2D eigenvalue weighted by molar-refractivity contribution is -0.169. The van der Waals surface area contributed by atoms with Gasteiger partial charge in [-0.1, -0.05) is 24.3 Å². The molecule has 0 amide bonds. The number of phenolic OH excluding ortho intramolecular Hbond substituents is 1. The molecule has 0 aliphatic heterocycles. The molecule has 0 saturated heterocycles. The summed E-state index contributed by atoms with van der Waals surface area (Å²) in [6.45, 7) is 3.36. The first-order valence-corrected chi connectivity index (χ1v) is 10.2. The van der Waals surface area contributed by atoms with Crippen molar-refractivity contribution in [3.05, 3.63) is 57.6 Å². The Kier molecular flexibility index (Phi) is 5.17. The van der Waals surface area contributed by atoms with E-state index in [-0.39, 0.29) is 46.4 Å². The Morgan fingerprint density at radius 3 is 2.06 bits per heavy atom. The molecule has 0 fully saturated rings. The molecule has 0 bridgehead atoms. The molecule has 2 N–H and O–H groups in total. The average molecular weight is 452 g/mol. The van der Waals surface area contributed by atoms with Crippen molar-refractivity contribution in [1.82, 2.24) is 0 Å². The van der Waals surface area contributed by atoms with E-state index in [4.69, 9.17) is 9.47 Å². The molecule has 9 nitrogen and oxygen atoms in total. The Morgan fingerprint density at radius 2 is 1.55 bits per heavy atom. The third kappa shape index (κ3) is 3.32. The van der Waals surface area contributed by atoms with Crippen molar-refractivity contribution in [2.45, 2.75) is 45.3 Å². The number of ketones is 3. The summed E-state index contributed by atoms with van der Waals surface area (Å²) in [5.41, 5.74) is -2.66. The molecule has 33 heavy (non-hydrogen) atoms. The van der Waals surface area contributed by atoms with Crippen molar-refractivity contribution in [1.29, 1.82) is 0 Å². The second kappa shape index (κ2) is 7.63. The molecular weight excluding hydrogens is 432 g/mol. The predicted molar refractivity (Wildman–Crippen MR) is 111 cm³/mol. The maximum atomic E-state index is 13.4. The number of esters is 2. The van der Waals surface area contributed by atoms with E-state index in [9.17, 15) is 34.2 Å². The van der Waals surface area contributed by atoms with Crippen molar-refractivity contribution in [2.75, 3.05) is 0 Å². The molecule has 170 valence electrons. The van der Waals surface area contributed by atoms with Gasteiger partial charge in [-0.15, -0.1) is 0 Å². The normalized spacial score (nSPS) is 20.9. The summed E-state index contributed by atoms with van der Waals surface area (Å²) in [6, 6.07) is 5.98. The number of hydrogen-bond acceptors (Lipinski definition) is 9. The number of aliphatic hydroxyl groups excluding tert-OH is 1. The third-order valence-electron chi connectivity index (χ3n) is 5.98. The van der Waals surface area contributed by atoms with E-state index < -0.39 is 52.3 Å². The zero-order valence-corrected chi connectivity index (χ0v) is 18.1. The summed E-state index contributed by atoms with van der Waals surface area (Å²) >= 11 is 0. The van der Waals surface area contributed by atoms with Crippen LogP contribution in [0.1, 0.15) is 76.3 Å². The molecule has 0 unspecified atom stereocenters. The lowest BCUT2D eigenvalue weighted by atomic mass is 9.72. The first-order chi connectivity index (χ1) is 15.5. The Bertz CT molecular complexity index is 1270. The monoisotopic (exact) mass is 452 g/mol. The minimum Gasteiger partial charge on any atom is -0.507 e. The molecule has 2 aliphatic carbocycles. The number of fused-ring (bicyclic) bond motifs is 3. The van der Waals surface area contributed by atoms with E-state index >= 15 is 0 Å². The largest absolute Gasteiger partial charge is 0.507 e. The molecule has 2 atom stereocenters. The van der Waals surface area contributed by atoms with Gasteiger partial charge in [0.2, 0.25) is 0 Å². The molecule has 9 heteroatoms. The van der Waals surface area contributed by atoms with Crippen LogP contribution >= 0.6 is 0 Å². The van der Waals surface area contributed by atoms with Gasteiger partial charge in [-0.3, -0.25) is 24.0 Å². The van der Waals surface area contributed by atoms with Crippen molar-refractivity contribution < 1.29 is 43.7 Å². The SMILES string of the molecule is CC(=O)Oc1c2c(c(O)c3c1C(=O)c1ccccc1C3=O)[C@H](O)C[C@](OC(C)=O)(C(C)=O)C2. The molecule has 0 spiro atoms. The minimum absolute atomic E-state index is 0.0527. The van der Waals surface area contributed by atoms with Crippen molar-refractivity contribution in [2.24, 2.45) is 0 Å². The average Bonchev–Trinajstić information content (AvgIpc) is 2.72. The van der Waals surface area contributed by atoms with E-state index in [0.717, 1.165) is 13.8 Å². The zero-order chi connectivity index (χ0) is 24.2. The fraction of sp³-hybridized carbons (Fsp3) is 0.292. The zero-order valence-electron chi connectivity index (χ0n) is 18.1. The number of carbonyl (C=O) groups is 5. The van der Waals surface area contributed by atoms with Crippen LogP contribution in [0.5, 0.6) is 11.5 Å². The molecule has 4 rings (SSSR count). The summed E-state index contributed by atoms with van der Waals surface area (Å²) in [7, 11) is 0. The van der Waals surface area contributed by atoms with Crippen LogP contribution in [0.3, 0.4) is 0 Å². The van der Waals surface area contributed by atoms with Gasteiger partial charge in [0.05, 0.1) is 17.2 Å². The number of aliphatic hydroxyl groups is 1. The number of aromatic hydroxyl groups is 1. The highest BCUT2D eigenvalue weighted by atomic mass is 16.6. The number of phenols is 1.